The first-order valence-corrected chi connectivity index (χ1v) is 11.9. The second-order valence-corrected chi connectivity index (χ2v) is 9.40. The van der Waals surface area contributed by atoms with Crippen molar-refractivity contribution >= 4 is 40.0 Å². The highest BCUT2D eigenvalue weighted by molar-refractivity contribution is 8.00. The van der Waals surface area contributed by atoms with Gasteiger partial charge in [0.1, 0.15) is 11.5 Å². The Balaban J connectivity index is 1.52. The fourth-order valence-electron chi connectivity index (χ4n) is 3.67. The largest absolute Gasteiger partial charge is 0.508 e. The Labute approximate surface area is 190 Å². The number of amides is 1. The zero-order valence-electron chi connectivity index (χ0n) is 17.5. The molecule has 3 aromatic rings. The smallest absolute Gasteiger partial charge is 0.229 e. The Morgan fingerprint density at radius 2 is 1.94 bits per heavy atom. The molecule has 4 rings (SSSR count). The van der Waals surface area contributed by atoms with Gasteiger partial charge in [-0.3, -0.25) is 4.79 Å². The van der Waals surface area contributed by atoms with Crippen LogP contribution < -0.4 is 14.8 Å². The van der Waals surface area contributed by atoms with Crippen LogP contribution in [0, 0.1) is 12.8 Å². The first-order chi connectivity index (χ1) is 15.0. The molecule has 1 aromatic heterocycles. The summed E-state index contributed by atoms with van der Waals surface area (Å²) in [5.74, 6) is 1.16. The number of carbonyl (C=O) groups excluding carboxylic acids is 1. The summed E-state index contributed by atoms with van der Waals surface area (Å²) in [6.45, 7) is 1.96. The van der Waals surface area contributed by atoms with Crippen molar-refractivity contribution < 1.29 is 14.6 Å². The number of rotatable bonds is 7. The topological polar surface area (TPSA) is 83.5 Å². The Bertz CT molecular complexity index is 1060. The standard InChI is InChI=1S/C23H25N3O3S2/c1-14-21(30-23(24-14)25-22(28)15-5-3-4-6-15)16-7-12-20(29-2)19(13-16)26-31-18-10-8-17(27)9-11-18/h7-13,15,26-27H,3-6H2,1-2H3,(H,24,25,28). The number of hydrogen-bond acceptors (Lipinski definition) is 7. The molecule has 0 bridgehead atoms. The number of methoxy groups -OCH3 is 1. The van der Waals surface area contributed by atoms with Crippen molar-refractivity contribution in [1.29, 1.82) is 0 Å². The molecule has 1 amide bonds. The number of nitrogens with one attached hydrogen (secondary N) is 2. The van der Waals surface area contributed by atoms with Crippen LogP contribution >= 0.6 is 23.3 Å². The second-order valence-electron chi connectivity index (χ2n) is 7.52. The minimum Gasteiger partial charge on any atom is -0.508 e. The number of nitrogens with zero attached hydrogens (tertiary/aromatic N) is 1. The highest BCUT2D eigenvalue weighted by Gasteiger charge is 2.24. The summed E-state index contributed by atoms with van der Waals surface area (Å²) in [4.78, 5) is 19.0. The number of aryl methyl sites for hydroxylation is 1. The number of thiazole rings is 1. The molecule has 0 unspecified atom stereocenters. The molecule has 1 aliphatic carbocycles. The van der Waals surface area contributed by atoms with Crippen molar-refractivity contribution in [2.45, 2.75) is 37.5 Å². The molecular weight excluding hydrogens is 430 g/mol. The molecule has 0 spiro atoms. The third-order valence-electron chi connectivity index (χ3n) is 5.33. The molecule has 1 aliphatic rings. The van der Waals surface area contributed by atoms with E-state index in [4.69, 9.17) is 4.74 Å². The Morgan fingerprint density at radius 3 is 2.65 bits per heavy atom. The Hall–Kier alpha value is -2.71. The first-order valence-electron chi connectivity index (χ1n) is 10.2. The predicted molar refractivity (Wildman–Crippen MR) is 127 cm³/mol. The summed E-state index contributed by atoms with van der Waals surface area (Å²) in [6.07, 6.45) is 4.19. The van der Waals surface area contributed by atoms with Crippen molar-refractivity contribution in [1.82, 2.24) is 4.98 Å². The molecule has 0 atom stereocenters. The van der Waals surface area contributed by atoms with Crippen molar-refractivity contribution in [3.05, 3.63) is 48.2 Å². The maximum atomic E-state index is 12.5. The van der Waals surface area contributed by atoms with E-state index in [0.717, 1.165) is 58.2 Å². The average molecular weight is 456 g/mol. The number of carbonyl (C=O) groups is 1. The molecule has 6 nitrogen and oxygen atoms in total. The van der Waals surface area contributed by atoms with Gasteiger partial charge in [-0.15, -0.1) is 0 Å². The Morgan fingerprint density at radius 1 is 1.19 bits per heavy atom. The van der Waals surface area contributed by atoms with E-state index < -0.39 is 0 Å². The number of phenols is 1. The van der Waals surface area contributed by atoms with E-state index in [-0.39, 0.29) is 17.6 Å². The van der Waals surface area contributed by atoms with Gasteiger partial charge in [0, 0.05) is 10.8 Å². The van der Waals surface area contributed by atoms with Crippen LogP contribution in [0.5, 0.6) is 11.5 Å². The zero-order valence-corrected chi connectivity index (χ0v) is 19.1. The molecule has 3 N–H and O–H groups in total. The molecule has 1 heterocycles. The summed E-state index contributed by atoms with van der Waals surface area (Å²) in [6, 6.07) is 12.9. The molecule has 8 heteroatoms. The van der Waals surface area contributed by atoms with Crippen LogP contribution in [0.15, 0.2) is 47.4 Å². The third-order valence-corrected chi connectivity index (χ3v) is 7.28. The molecule has 31 heavy (non-hydrogen) atoms. The minimum absolute atomic E-state index is 0.0835. The summed E-state index contributed by atoms with van der Waals surface area (Å²) < 4.78 is 8.83. The van der Waals surface area contributed by atoms with E-state index in [1.165, 1.54) is 23.3 Å². The molecule has 162 valence electrons. The molecule has 1 fully saturated rings. The predicted octanol–water partition coefficient (Wildman–Crippen LogP) is 6.08. The van der Waals surface area contributed by atoms with Gasteiger partial charge in [0.2, 0.25) is 5.91 Å². The fraction of sp³-hybridized carbons (Fsp3) is 0.304. The normalized spacial score (nSPS) is 13.9. The third kappa shape index (κ3) is 5.14. The van der Waals surface area contributed by atoms with Crippen LogP contribution in [0.2, 0.25) is 0 Å². The molecule has 0 saturated heterocycles. The van der Waals surface area contributed by atoms with E-state index in [0.29, 0.717) is 5.13 Å². The molecular formula is C23H25N3O3S2. The number of benzene rings is 2. The van der Waals surface area contributed by atoms with Crippen LogP contribution in [-0.4, -0.2) is 23.1 Å². The lowest BCUT2D eigenvalue weighted by molar-refractivity contribution is -0.119. The first kappa shape index (κ1) is 21.5. The molecule has 2 aromatic carbocycles. The highest BCUT2D eigenvalue weighted by atomic mass is 32.2. The monoisotopic (exact) mass is 455 g/mol. The van der Waals surface area contributed by atoms with Crippen molar-refractivity contribution in [2.75, 3.05) is 17.1 Å². The minimum atomic E-state index is 0.0835. The average Bonchev–Trinajstić information content (AvgIpc) is 3.43. The van der Waals surface area contributed by atoms with Crippen LogP contribution in [0.3, 0.4) is 0 Å². The van der Waals surface area contributed by atoms with Crippen LogP contribution in [0.1, 0.15) is 31.4 Å². The lowest BCUT2D eigenvalue weighted by atomic mass is 10.1. The number of aromatic hydroxyl groups is 1. The summed E-state index contributed by atoms with van der Waals surface area (Å²) in [5.41, 5.74) is 2.72. The van der Waals surface area contributed by atoms with Crippen LogP contribution in [0.25, 0.3) is 10.4 Å². The van der Waals surface area contributed by atoms with E-state index in [1.807, 2.05) is 37.3 Å². The van der Waals surface area contributed by atoms with Crippen molar-refractivity contribution in [2.24, 2.45) is 5.92 Å². The second kappa shape index (κ2) is 9.62. The van der Waals surface area contributed by atoms with Gasteiger partial charge in [-0.05, 0) is 79.7 Å². The summed E-state index contributed by atoms with van der Waals surface area (Å²) in [5, 5.41) is 13.1. The van der Waals surface area contributed by atoms with Crippen LogP contribution in [-0.2, 0) is 4.79 Å². The van der Waals surface area contributed by atoms with E-state index in [9.17, 15) is 9.90 Å². The Kier molecular flexibility index (Phi) is 6.67. The summed E-state index contributed by atoms with van der Waals surface area (Å²) in [7, 11) is 1.64. The molecule has 1 saturated carbocycles. The quantitative estimate of drug-likeness (QED) is 0.375. The van der Waals surface area contributed by atoms with Gasteiger partial charge >= 0.3 is 0 Å². The van der Waals surface area contributed by atoms with Gasteiger partial charge in [0.05, 0.1) is 23.4 Å². The maximum Gasteiger partial charge on any atom is 0.229 e. The van der Waals surface area contributed by atoms with Crippen molar-refractivity contribution in [3.8, 4) is 21.9 Å². The molecule has 0 aliphatic heterocycles. The fourth-order valence-corrected chi connectivity index (χ4v) is 5.30. The lowest BCUT2D eigenvalue weighted by Gasteiger charge is -2.12. The van der Waals surface area contributed by atoms with Gasteiger partial charge < -0.3 is 19.9 Å². The number of ether oxygens (including phenoxy) is 1. The van der Waals surface area contributed by atoms with Crippen LogP contribution in [0.4, 0.5) is 10.8 Å². The van der Waals surface area contributed by atoms with Gasteiger partial charge in [-0.25, -0.2) is 4.98 Å². The SMILES string of the molecule is COc1ccc(-c2sc(NC(=O)C3CCCC3)nc2C)cc1NSc1ccc(O)cc1. The summed E-state index contributed by atoms with van der Waals surface area (Å²) >= 11 is 2.93. The van der Waals surface area contributed by atoms with Gasteiger partial charge in [0.25, 0.3) is 0 Å². The van der Waals surface area contributed by atoms with Crippen molar-refractivity contribution in [3.63, 3.8) is 0 Å². The zero-order chi connectivity index (χ0) is 21.8. The molecule has 0 radical (unpaired) electrons. The van der Waals surface area contributed by atoms with Gasteiger partial charge in [-0.2, -0.15) is 0 Å². The number of hydrogen-bond donors (Lipinski definition) is 3. The number of aromatic nitrogens is 1. The number of anilines is 2. The van der Waals surface area contributed by atoms with E-state index in [2.05, 4.69) is 15.0 Å². The highest BCUT2D eigenvalue weighted by Crippen LogP contribution is 2.38. The van der Waals surface area contributed by atoms with E-state index in [1.54, 1.807) is 19.2 Å². The maximum absolute atomic E-state index is 12.5. The number of phenolic OH excluding ortho intramolecular Hbond substituents is 1. The lowest BCUT2D eigenvalue weighted by Crippen LogP contribution is -2.20. The van der Waals surface area contributed by atoms with E-state index >= 15 is 0 Å². The van der Waals surface area contributed by atoms with Gasteiger partial charge in [-0.1, -0.05) is 24.2 Å². The van der Waals surface area contributed by atoms with Gasteiger partial charge in [0.15, 0.2) is 5.13 Å².